The molecule has 0 aliphatic rings. The van der Waals surface area contributed by atoms with Crippen LogP contribution in [0.5, 0.6) is 0 Å². The van der Waals surface area contributed by atoms with Gasteiger partial charge in [0.25, 0.3) is 0 Å². The fourth-order valence-electron chi connectivity index (χ4n) is 14.8. The summed E-state index contributed by atoms with van der Waals surface area (Å²) in [5, 5.41) is 13.1. The summed E-state index contributed by atoms with van der Waals surface area (Å²) < 4.78 is 5.44. The summed E-state index contributed by atoms with van der Waals surface area (Å²) in [6, 6.07) is 104. The van der Waals surface area contributed by atoms with Gasteiger partial charge in [-0.1, -0.05) is 277 Å². The van der Waals surface area contributed by atoms with Gasteiger partial charge in [0.1, 0.15) is 18.5 Å². The van der Waals surface area contributed by atoms with E-state index in [1.165, 1.54) is 106 Å². The van der Waals surface area contributed by atoms with E-state index in [1.807, 2.05) is 44.0 Å². The third-order valence-electron chi connectivity index (χ3n) is 22.1. The smallest absolute Gasteiger partial charge is 0.289 e. The van der Waals surface area contributed by atoms with Crippen LogP contribution < -0.4 is 0 Å². The number of aromatic nitrogens is 9. The average molecular weight is 1730 g/mol. The van der Waals surface area contributed by atoms with E-state index in [0.29, 0.717) is 0 Å². The van der Waals surface area contributed by atoms with Gasteiger partial charge in [-0.25, -0.2) is 0 Å². The molecule has 0 bridgehead atoms. The van der Waals surface area contributed by atoms with Crippen molar-refractivity contribution in [2.24, 2.45) is 21.1 Å². The maximum Gasteiger partial charge on any atom is 3.00 e. The van der Waals surface area contributed by atoms with Crippen molar-refractivity contribution in [2.45, 2.75) is 177 Å². The van der Waals surface area contributed by atoms with Gasteiger partial charge in [0.2, 0.25) is 0 Å². The minimum atomic E-state index is 0. The molecule has 0 fully saturated rings. The van der Waals surface area contributed by atoms with Gasteiger partial charge in [-0.05, 0) is 210 Å². The van der Waals surface area contributed by atoms with Crippen molar-refractivity contribution in [2.75, 3.05) is 0 Å². The fourth-order valence-corrected chi connectivity index (χ4v) is 14.8. The maximum absolute atomic E-state index is 4.81. The Balaban J connectivity index is 0.000000162. The Hall–Kier alpha value is -11.3. The molecule has 0 amide bonds. The summed E-state index contributed by atoms with van der Waals surface area (Å²) in [5.41, 5.74) is 32.9. The molecule has 9 nitrogen and oxygen atoms in total. The fraction of sp³-hybridized carbons (Fsp3) is 0.278. The third kappa shape index (κ3) is 20.6. The van der Waals surface area contributed by atoms with Crippen LogP contribution in [0.25, 0.3) is 134 Å². The normalized spacial score (nSPS) is 12.0. The second-order valence-corrected chi connectivity index (χ2v) is 37.5. The van der Waals surface area contributed by atoms with Gasteiger partial charge >= 0.3 is 20.1 Å². The first-order valence-corrected chi connectivity index (χ1v) is 41.2. The molecule has 3 heterocycles. The molecule has 15 rings (SSSR count). The summed E-state index contributed by atoms with van der Waals surface area (Å²) in [5.74, 6) is 3.34. The first-order chi connectivity index (χ1) is 55.4. The number of benzene rings is 12. The summed E-state index contributed by atoms with van der Waals surface area (Å²) >= 11 is 0. The van der Waals surface area contributed by atoms with Gasteiger partial charge < -0.3 is 0 Å². The number of hydrogen-bond acceptors (Lipinski definition) is 6. The summed E-state index contributed by atoms with van der Waals surface area (Å²) in [4.78, 5) is 13.7. The minimum absolute atomic E-state index is 0. The van der Waals surface area contributed by atoms with E-state index in [1.54, 1.807) is 22.0 Å². The van der Waals surface area contributed by atoms with Crippen LogP contribution in [-0.4, -0.2) is 44.3 Å². The van der Waals surface area contributed by atoms with Gasteiger partial charge in [-0.2, -0.15) is 15.3 Å². The van der Waals surface area contributed by atoms with E-state index in [9.17, 15) is 0 Å². The second-order valence-electron chi connectivity index (χ2n) is 37.5. The molecule has 0 radical (unpaired) electrons. The van der Waals surface area contributed by atoms with Crippen LogP contribution in [0.4, 0.5) is 0 Å². The minimum Gasteiger partial charge on any atom is -0.289 e. The predicted octanol–water partition coefficient (Wildman–Crippen LogP) is 27.6. The molecule has 12 aromatic carbocycles. The molecule has 0 aliphatic carbocycles. The second kappa shape index (κ2) is 35.1. The van der Waals surface area contributed by atoms with Crippen LogP contribution in [0.3, 0.4) is 0 Å². The Morgan fingerprint density at radius 3 is 0.661 bits per heavy atom. The zero-order chi connectivity index (χ0) is 83.5. The molecule has 0 saturated heterocycles. The standard InChI is InChI=1S/C38H42N3.2C35H36N3.Ir/c1-9-11-35-39-36(41(8)40-35)29-13-10-12-28(22-29)32-24-30(26-14-18-33(19-15-26)37(2,3)4)23-31(25-32)27-16-20-34(21-17-27)38(5,6)7;2*1-34(2,3)31-15-11-24(12-16-31)28-20-29(25-13-17-32(18-14-25)35(4,5)6)22-30(21-28)26-9-8-10-27(19-26)33-36-23-37-38(33)7;/h10,12,14-25H,9,11H2,1-8H3;2*8-9,11-23H,1-7H3;/q3*-1;+3. The van der Waals surface area contributed by atoms with E-state index in [0.717, 1.165) is 80.6 Å². The quantitative estimate of drug-likeness (QED) is 0.101. The number of hydrogen-bond donors (Lipinski definition) is 0. The van der Waals surface area contributed by atoms with Gasteiger partial charge in [-0.15, -0.1) is 106 Å². The van der Waals surface area contributed by atoms with Crippen molar-refractivity contribution >= 4 is 0 Å². The molecule has 10 heteroatoms. The molecular formula is C108H114IrN9. The molecule has 118 heavy (non-hydrogen) atoms. The summed E-state index contributed by atoms with van der Waals surface area (Å²) in [6.45, 7) is 42.7. The predicted molar refractivity (Wildman–Crippen MR) is 491 cm³/mol. The topological polar surface area (TPSA) is 92.1 Å². The Morgan fingerprint density at radius 1 is 0.254 bits per heavy atom. The molecule has 0 spiro atoms. The molecule has 3 aromatic heterocycles. The molecular weight excluding hydrogens is 1620 g/mol. The van der Waals surface area contributed by atoms with Gasteiger partial charge in [0.15, 0.2) is 0 Å². The van der Waals surface area contributed by atoms with E-state index in [-0.39, 0.29) is 52.6 Å². The Labute approximate surface area is 716 Å². The number of aryl methyl sites for hydroxylation is 4. The van der Waals surface area contributed by atoms with Gasteiger partial charge in [0.05, 0.1) is 17.5 Å². The average Bonchev–Trinajstić information content (AvgIpc) is 0.810. The van der Waals surface area contributed by atoms with Crippen molar-refractivity contribution in [1.82, 2.24) is 44.3 Å². The van der Waals surface area contributed by atoms with E-state index >= 15 is 0 Å². The monoisotopic (exact) mass is 1730 g/mol. The Morgan fingerprint density at radius 2 is 0.466 bits per heavy atom. The Bertz CT molecular complexity index is 5460. The largest absolute Gasteiger partial charge is 3.00 e. The van der Waals surface area contributed by atoms with E-state index in [4.69, 9.17) is 4.98 Å². The van der Waals surface area contributed by atoms with Crippen molar-refractivity contribution < 1.29 is 20.1 Å². The van der Waals surface area contributed by atoms with Crippen LogP contribution in [0, 0.1) is 18.2 Å². The third-order valence-corrected chi connectivity index (χ3v) is 22.1. The zero-order valence-corrected chi connectivity index (χ0v) is 75.6. The van der Waals surface area contributed by atoms with Crippen LogP contribution in [0.1, 0.15) is 177 Å². The van der Waals surface area contributed by atoms with Crippen molar-refractivity contribution in [3.8, 4) is 134 Å². The SMILES string of the molecule is CCCc1nc(-c2[c-]ccc(-c3cc(-c4ccc(C(C)(C)C)cc4)cc(-c4ccc(C(C)(C)C)cc4)c3)c2)n(C)n1.Cn1ncnc1-c1[c-]ccc(-c2cc(-c3ccc(C(C)(C)C)cc3)cc(-c3ccc(C(C)(C)C)cc3)c2)c1.Cn1ncnc1-c1[c-]ccc(-c2cc(-c3ccc(C(C)(C)C)cc3)cc(-c3ccc(C(C)(C)C)cc3)c2)c1.[Ir+3]. The first kappa shape index (κ1) is 86.1. The van der Waals surface area contributed by atoms with Crippen LogP contribution in [0.2, 0.25) is 0 Å². The molecule has 600 valence electrons. The molecule has 0 atom stereocenters. The Kier molecular flexibility index (Phi) is 25.6. The number of nitrogens with zero attached hydrogens (tertiary/aromatic N) is 9. The van der Waals surface area contributed by atoms with E-state index < -0.39 is 0 Å². The van der Waals surface area contributed by atoms with Gasteiger partial charge in [-0.3, -0.25) is 29.0 Å². The molecule has 0 unspecified atom stereocenters. The molecule has 15 aromatic rings. The zero-order valence-electron chi connectivity index (χ0n) is 73.2. The van der Waals surface area contributed by atoms with Crippen LogP contribution in [-0.2, 0) is 80.2 Å². The van der Waals surface area contributed by atoms with Crippen LogP contribution in [0.15, 0.2) is 267 Å². The summed E-state index contributed by atoms with van der Waals surface area (Å²) in [6.07, 6.45) is 5.06. The van der Waals surface area contributed by atoms with Crippen molar-refractivity contribution in [3.63, 3.8) is 0 Å². The van der Waals surface area contributed by atoms with E-state index in [2.05, 4.69) is 412 Å². The molecule has 0 N–H and O–H groups in total. The van der Waals surface area contributed by atoms with Crippen LogP contribution >= 0.6 is 0 Å². The van der Waals surface area contributed by atoms with Crippen molar-refractivity contribution in [1.29, 1.82) is 0 Å². The summed E-state index contributed by atoms with van der Waals surface area (Å²) in [7, 11) is 5.78. The molecule has 0 aliphatic heterocycles. The first-order valence-electron chi connectivity index (χ1n) is 41.2. The molecule has 0 saturated carbocycles. The maximum atomic E-state index is 4.81. The number of rotatable bonds is 14. The van der Waals surface area contributed by atoms with Crippen molar-refractivity contribution in [3.05, 3.63) is 325 Å². The van der Waals surface area contributed by atoms with Gasteiger partial charge in [0, 0.05) is 27.6 Å².